The summed E-state index contributed by atoms with van der Waals surface area (Å²) in [5, 5.41) is 23.2. The molecule has 0 radical (unpaired) electrons. The fraction of sp³-hybridized carbons (Fsp3) is 0.171. The van der Waals surface area contributed by atoms with Crippen molar-refractivity contribution in [2.45, 2.75) is 38.0 Å². The minimum Gasteiger partial charge on any atom is -0.456 e. The van der Waals surface area contributed by atoms with Gasteiger partial charge < -0.3 is 8.98 Å². The minimum atomic E-state index is 0.0160. The van der Waals surface area contributed by atoms with Gasteiger partial charge in [0.05, 0.1) is 34.5 Å². The Kier molecular flexibility index (Phi) is 5.30. The van der Waals surface area contributed by atoms with Gasteiger partial charge in [-0.2, -0.15) is 10.5 Å². The zero-order valence-corrected chi connectivity index (χ0v) is 25.1. The number of nitriles is 2. The predicted molar refractivity (Wildman–Crippen MR) is 180 cm³/mol. The topological polar surface area (TPSA) is 65.7 Å². The quantitative estimate of drug-likeness (QED) is 0.205. The fourth-order valence-electron chi connectivity index (χ4n) is 8.29. The lowest BCUT2D eigenvalue weighted by atomic mass is 9.74. The zero-order valence-electron chi connectivity index (χ0n) is 25.1. The third-order valence-corrected chi connectivity index (χ3v) is 10.4. The molecule has 6 aromatic rings. The minimum absolute atomic E-state index is 0.0160. The first-order chi connectivity index (χ1) is 22.0. The molecule has 4 heteroatoms. The molecule has 0 amide bonds. The molecule has 0 N–H and O–H groups in total. The van der Waals surface area contributed by atoms with E-state index < -0.39 is 0 Å². The number of nitrogens with zero attached hydrogens (tertiary/aromatic N) is 3. The van der Waals surface area contributed by atoms with Gasteiger partial charge in [-0.3, -0.25) is 0 Å². The molecule has 2 heterocycles. The lowest BCUT2D eigenvalue weighted by molar-refractivity contribution is 0.394. The molecule has 0 bridgehead atoms. The van der Waals surface area contributed by atoms with Crippen LogP contribution in [-0.2, 0) is 11.8 Å². The highest BCUT2D eigenvalue weighted by Crippen LogP contribution is 2.54. The van der Waals surface area contributed by atoms with Crippen molar-refractivity contribution in [3.05, 3.63) is 131 Å². The number of benzene rings is 4. The van der Waals surface area contributed by atoms with Crippen molar-refractivity contribution < 1.29 is 4.42 Å². The van der Waals surface area contributed by atoms with Gasteiger partial charge in [-0.15, -0.1) is 0 Å². The first kappa shape index (κ1) is 25.9. The van der Waals surface area contributed by atoms with Gasteiger partial charge in [-0.05, 0) is 95.5 Å². The van der Waals surface area contributed by atoms with Gasteiger partial charge in [0, 0.05) is 38.9 Å². The maximum absolute atomic E-state index is 10.3. The van der Waals surface area contributed by atoms with E-state index in [1.54, 1.807) is 0 Å². The third kappa shape index (κ3) is 3.51. The average Bonchev–Trinajstić information content (AvgIpc) is 3.68. The van der Waals surface area contributed by atoms with E-state index >= 15 is 0 Å². The Morgan fingerprint density at radius 2 is 1.73 bits per heavy atom. The molecule has 0 fully saturated rings. The zero-order chi connectivity index (χ0) is 30.4. The summed E-state index contributed by atoms with van der Waals surface area (Å²) in [6.45, 7) is 4.68. The Labute approximate surface area is 261 Å². The standard InChI is InChI=1S/C41H29N3O/c1-41(2)33-11-5-3-9-27(33)30-20-32-29-16-15-25(19-38(29)45-39(32)21-34(30)41)40-26(23-43)8-7-13-37(40)44-35-12-6-4-10-28(35)31-18-24(22-42)14-17-36(31)44/h3-5,7-11,13-21,27,33H,6,12H2,1-2H3. The van der Waals surface area contributed by atoms with Gasteiger partial charge in [-0.1, -0.05) is 62.4 Å². The van der Waals surface area contributed by atoms with Crippen LogP contribution >= 0.6 is 0 Å². The van der Waals surface area contributed by atoms with Crippen molar-refractivity contribution in [3.8, 4) is 29.0 Å². The van der Waals surface area contributed by atoms with Gasteiger partial charge in [0.15, 0.2) is 0 Å². The predicted octanol–water partition coefficient (Wildman–Crippen LogP) is 10.0. The second-order valence-corrected chi connectivity index (χ2v) is 13.1. The second-order valence-electron chi connectivity index (χ2n) is 13.1. The summed E-state index contributed by atoms with van der Waals surface area (Å²) in [5.74, 6) is 0.820. The molecule has 3 aliphatic carbocycles. The van der Waals surface area contributed by atoms with Gasteiger partial charge in [0.1, 0.15) is 11.2 Å². The molecule has 2 unspecified atom stereocenters. The number of rotatable bonds is 2. The van der Waals surface area contributed by atoms with E-state index in [9.17, 15) is 10.5 Å². The van der Waals surface area contributed by atoms with Crippen LogP contribution in [0.2, 0.25) is 0 Å². The molecular formula is C41H29N3O. The van der Waals surface area contributed by atoms with E-state index in [2.05, 4.69) is 103 Å². The summed E-state index contributed by atoms with van der Waals surface area (Å²) in [6.07, 6.45) is 15.2. The number of allylic oxidation sites excluding steroid dienone is 5. The molecule has 0 saturated carbocycles. The largest absolute Gasteiger partial charge is 0.456 e. The van der Waals surface area contributed by atoms with E-state index in [0.717, 1.165) is 68.1 Å². The van der Waals surface area contributed by atoms with E-state index in [1.165, 1.54) is 16.8 Å². The van der Waals surface area contributed by atoms with Crippen LogP contribution in [-0.4, -0.2) is 4.57 Å². The summed E-state index contributed by atoms with van der Waals surface area (Å²) >= 11 is 0. The molecule has 2 atom stereocenters. The monoisotopic (exact) mass is 579 g/mol. The van der Waals surface area contributed by atoms with Crippen molar-refractivity contribution in [1.82, 2.24) is 4.57 Å². The first-order valence-corrected chi connectivity index (χ1v) is 15.6. The SMILES string of the molecule is CC1(C)c2cc3oc4cc(-c5c(C#N)cccc5-n5c6c(c7cc(C#N)ccc75)C=CCC6)ccc4c3cc2C2C=CC=CC21. The smallest absolute Gasteiger partial charge is 0.136 e. The molecule has 4 aromatic carbocycles. The maximum atomic E-state index is 10.3. The van der Waals surface area contributed by atoms with Crippen LogP contribution in [0.1, 0.15) is 59.7 Å². The molecule has 0 aliphatic heterocycles. The Morgan fingerprint density at radius 3 is 2.60 bits per heavy atom. The van der Waals surface area contributed by atoms with Crippen molar-refractivity contribution in [2.24, 2.45) is 5.92 Å². The lowest BCUT2D eigenvalue weighted by Crippen LogP contribution is -2.24. The molecule has 0 saturated heterocycles. The summed E-state index contributed by atoms with van der Waals surface area (Å²) in [7, 11) is 0. The van der Waals surface area contributed by atoms with Crippen molar-refractivity contribution in [2.75, 3.05) is 0 Å². The van der Waals surface area contributed by atoms with Gasteiger partial charge in [0.2, 0.25) is 0 Å². The summed E-state index contributed by atoms with van der Waals surface area (Å²) in [6, 6.07) is 27.6. The first-order valence-electron chi connectivity index (χ1n) is 15.6. The Bertz CT molecular complexity index is 2450. The van der Waals surface area contributed by atoms with E-state index in [-0.39, 0.29) is 5.41 Å². The van der Waals surface area contributed by atoms with Crippen LogP contribution in [0.15, 0.2) is 102 Å². The summed E-state index contributed by atoms with van der Waals surface area (Å²) < 4.78 is 8.91. The van der Waals surface area contributed by atoms with E-state index in [4.69, 9.17) is 4.42 Å². The average molecular weight is 580 g/mol. The number of furan rings is 1. The number of aromatic nitrogens is 1. The highest BCUT2D eigenvalue weighted by atomic mass is 16.3. The number of hydrogen-bond acceptors (Lipinski definition) is 3. The molecule has 9 rings (SSSR count). The number of hydrogen-bond donors (Lipinski definition) is 0. The molecule has 3 aliphatic rings. The van der Waals surface area contributed by atoms with Crippen LogP contribution in [0.4, 0.5) is 0 Å². The Hall–Kier alpha value is -5.58. The lowest BCUT2D eigenvalue weighted by Gasteiger charge is -2.29. The van der Waals surface area contributed by atoms with Crippen molar-refractivity contribution in [3.63, 3.8) is 0 Å². The second kappa shape index (κ2) is 9.21. The third-order valence-electron chi connectivity index (χ3n) is 10.4. The Morgan fingerprint density at radius 1 is 0.867 bits per heavy atom. The van der Waals surface area contributed by atoms with Crippen LogP contribution in [0.3, 0.4) is 0 Å². The van der Waals surface area contributed by atoms with E-state index in [0.29, 0.717) is 23.0 Å². The highest BCUT2D eigenvalue weighted by molar-refractivity contribution is 6.07. The normalized spacial score (nSPS) is 19.0. The van der Waals surface area contributed by atoms with Gasteiger partial charge in [-0.25, -0.2) is 0 Å². The molecular weight excluding hydrogens is 550 g/mol. The van der Waals surface area contributed by atoms with Gasteiger partial charge >= 0.3 is 0 Å². The van der Waals surface area contributed by atoms with Crippen LogP contribution in [0.5, 0.6) is 0 Å². The number of fused-ring (bicyclic) bond motifs is 9. The Balaban J connectivity index is 1.26. The van der Waals surface area contributed by atoms with E-state index in [1.807, 2.05) is 30.3 Å². The summed E-state index contributed by atoms with van der Waals surface area (Å²) in [4.78, 5) is 0. The van der Waals surface area contributed by atoms with Gasteiger partial charge in [0.25, 0.3) is 0 Å². The van der Waals surface area contributed by atoms with Crippen molar-refractivity contribution >= 4 is 38.9 Å². The van der Waals surface area contributed by atoms with Crippen LogP contribution in [0.25, 0.3) is 55.7 Å². The molecule has 45 heavy (non-hydrogen) atoms. The molecule has 0 spiro atoms. The van der Waals surface area contributed by atoms with Crippen LogP contribution < -0.4 is 0 Å². The fourth-order valence-corrected chi connectivity index (χ4v) is 8.29. The maximum Gasteiger partial charge on any atom is 0.136 e. The molecule has 214 valence electrons. The highest BCUT2D eigenvalue weighted by Gasteiger charge is 2.44. The van der Waals surface area contributed by atoms with Crippen LogP contribution in [0, 0.1) is 28.6 Å². The molecule has 4 nitrogen and oxygen atoms in total. The summed E-state index contributed by atoms with van der Waals surface area (Å²) in [5.41, 5.74) is 11.9. The van der Waals surface area contributed by atoms with Crippen molar-refractivity contribution in [1.29, 1.82) is 10.5 Å². The molecule has 2 aromatic heterocycles.